The van der Waals surface area contributed by atoms with Gasteiger partial charge in [-0.3, -0.25) is 14.4 Å². The molecule has 1 unspecified atom stereocenters. The molecule has 83 heavy (non-hydrogen) atoms. The van der Waals surface area contributed by atoms with Crippen LogP contribution in [0.1, 0.15) is 290 Å². The zero-order valence-electron chi connectivity index (χ0n) is 53.7. The average Bonchev–Trinajstić information content (AvgIpc) is 3.49. The second-order valence-corrected chi connectivity index (χ2v) is 22.0. The van der Waals surface area contributed by atoms with Gasteiger partial charge in [0, 0.05) is 19.3 Å². The zero-order chi connectivity index (χ0) is 59.9. The predicted molar refractivity (Wildman–Crippen MR) is 362 cm³/mol. The molecule has 0 saturated heterocycles. The smallest absolute Gasteiger partial charge is 0.306 e. The van der Waals surface area contributed by atoms with Crippen LogP contribution in [0, 0.1) is 0 Å². The van der Waals surface area contributed by atoms with Crippen LogP contribution in [0.25, 0.3) is 0 Å². The first-order valence-corrected chi connectivity index (χ1v) is 34.0. The standard InChI is InChI=1S/C77H124O6/c1-4-7-10-13-16-19-22-25-27-29-30-31-32-33-34-35-36-37-38-39-40-41-42-43-44-45-46-48-49-52-55-58-61-64-67-70-76(79)82-73-74(72-81-75(78)69-66-63-60-57-54-51-24-21-18-15-12-9-6-3)83-77(80)71-68-65-62-59-56-53-50-47-28-26-23-20-17-14-11-8-5-2/h7-8,10-11,16-17,19-20,25-28,30-31,33-34,36-37,39-40,42-43,50,53,59,62,74H,4-6,9,12-15,18,21-24,29,32,35,38,41,44-49,51-52,54-58,60-61,63-73H2,1-3H3/b10-7-,11-8-,19-16-,20-17-,27-25-,28-26-,31-30-,34-33-,37-36-,40-39-,43-42-,53-50-,62-59-. The van der Waals surface area contributed by atoms with Crippen LogP contribution in [0.5, 0.6) is 0 Å². The van der Waals surface area contributed by atoms with E-state index in [2.05, 4.69) is 179 Å². The van der Waals surface area contributed by atoms with Gasteiger partial charge in [-0.15, -0.1) is 0 Å². The first kappa shape index (κ1) is 78.0. The van der Waals surface area contributed by atoms with Crippen molar-refractivity contribution in [1.29, 1.82) is 0 Å². The molecule has 0 aliphatic carbocycles. The third-order valence-electron chi connectivity index (χ3n) is 14.0. The molecular weight excluding hydrogens is 1020 g/mol. The molecule has 6 nitrogen and oxygen atoms in total. The van der Waals surface area contributed by atoms with Gasteiger partial charge >= 0.3 is 17.9 Å². The molecule has 468 valence electrons. The average molecular weight is 1150 g/mol. The van der Waals surface area contributed by atoms with E-state index in [1.807, 2.05) is 0 Å². The third-order valence-corrected chi connectivity index (χ3v) is 14.0. The lowest BCUT2D eigenvalue weighted by Crippen LogP contribution is -2.30. The summed E-state index contributed by atoms with van der Waals surface area (Å²) in [6, 6.07) is 0. The lowest BCUT2D eigenvalue weighted by Gasteiger charge is -2.18. The van der Waals surface area contributed by atoms with E-state index in [0.717, 1.165) is 135 Å². The van der Waals surface area contributed by atoms with Crippen molar-refractivity contribution in [3.05, 3.63) is 158 Å². The van der Waals surface area contributed by atoms with Crippen LogP contribution >= 0.6 is 0 Å². The Labute approximate surface area is 511 Å². The van der Waals surface area contributed by atoms with Gasteiger partial charge in [-0.1, -0.05) is 307 Å². The topological polar surface area (TPSA) is 78.9 Å². The van der Waals surface area contributed by atoms with Gasteiger partial charge in [-0.25, -0.2) is 0 Å². The molecule has 0 amide bonds. The first-order valence-electron chi connectivity index (χ1n) is 34.0. The normalized spacial score (nSPS) is 13.1. The Morgan fingerprint density at radius 3 is 0.771 bits per heavy atom. The van der Waals surface area contributed by atoms with E-state index in [1.165, 1.54) is 109 Å². The monoisotopic (exact) mass is 1140 g/mol. The zero-order valence-corrected chi connectivity index (χ0v) is 53.7. The molecule has 0 aromatic rings. The van der Waals surface area contributed by atoms with E-state index in [0.29, 0.717) is 19.3 Å². The van der Waals surface area contributed by atoms with Gasteiger partial charge in [0.2, 0.25) is 0 Å². The number of hydrogen-bond acceptors (Lipinski definition) is 6. The van der Waals surface area contributed by atoms with Gasteiger partial charge < -0.3 is 14.2 Å². The number of esters is 3. The third kappa shape index (κ3) is 67.7. The minimum atomic E-state index is -0.815. The lowest BCUT2D eigenvalue weighted by molar-refractivity contribution is -0.167. The minimum absolute atomic E-state index is 0.104. The van der Waals surface area contributed by atoms with E-state index in [-0.39, 0.29) is 37.5 Å². The molecule has 0 N–H and O–H groups in total. The van der Waals surface area contributed by atoms with E-state index < -0.39 is 6.10 Å². The summed E-state index contributed by atoms with van der Waals surface area (Å²) in [4.78, 5) is 38.3. The van der Waals surface area contributed by atoms with Crippen molar-refractivity contribution in [3.63, 3.8) is 0 Å². The molecule has 0 spiro atoms. The van der Waals surface area contributed by atoms with Gasteiger partial charge in [0.25, 0.3) is 0 Å². The number of allylic oxidation sites excluding steroid dienone is 26. The molecule has 0 rings (SSSR count). The summed E-state index contributed by atoms with van der Waals surface area (Å²) in [7, 11) is 0. The fourth-order valence-corrected chi connectivity index (χ4v) is 9.02. The van der Waals surface area contributed by atoms with Crippen LogP contribution in [0.15, 0.2) is 158 Å². The molecule has 0 aliphatic heterocycles. The number of hydrogen-bond donors (Lipinski definition) is 0. The largest absolute Gasteiger partial charge is 0.462 e. The van der Waals surface area contributed by atoms with Crippen molar-refractivity contribution in [2.24, 2.45) is 0 Å². The molecular formula is C77H124O6. The Kier molecular flexibility index (Phi) is 65.4. The highest BCUT2D eigenvalue weighted by molar-refractivity contribution is 5.71. The molecule has 0 aromatic carbocycles. The fourth-order valence-electron chi connectivity index (χ4n) is 9.02. The van der Waals surface area contributed by atoms with Crippen LogP contribution in [-0.2, 0) is 28.6 Å². The lowest BCUT2D eigenvalue weighted by atomic mass is 10.0. The second kappa shape index (κ2) is 69.5. The van der Waals surface area contributed by atoms with Crippen molar-refractivity contribution in [2.45, 2.75) is 297 Å². The Balaban J connectivity index is 4.30. The Bertz CT molecular complexity index is 1840. The molecule has 0 aliphatic rings. The summed E-state index contributed by atoms with van der Waals surface area (Å²) >= 11 is 0. The number of carbonyl (C=O) groups is 3. The number of unbranched alkanes of at least 4 members (excludes halogenated alkanes) is 23. The van der Waals surface area contributed by atoms with Crippen LogP contribution < -0.4 is 0 Å². The molecule has 6 heteroatoms. The molecule has 0 saturated carbocycles. The predicted octanol–water partition coefficient (Wildman–Crippen LogP) is 23.7. The molecule has 1 atom stereocenters. The van der Waals surface area contributed by atoms with Crippen molar-refractivity contribution < 1.29 is 28.6 Å². The van der Waals surface area contributed by atoms with Crippen LogP contribution in [0.3, 0.4) is 0 Å². The number of ether oxygens (including phenoxy) is 3. The Hall–Kier alpha value is -4.97. The first-order chi connectivity index (χ1) is 41.0. The highest BCUT2D eigenvalue weighted by Crippen LogP contribution is 2.16. The maximum atomic E-state index is 12.9. The van der Waals surface area contributed by atoms with Crippen molar-refractivity contribution in [3.8, 4) is 0 Å². The Morgan fingerprint density at radius 1 is 0.253 bits per heavy atom. The van der Waals surface area contributed by atoms with E-state index in [9.17, 15) is 14.4 Å². The quantitative estimate of drug-likeness (QED) is 0.0261. The highest BCUT2D eigenvalue weighted by Gasteiger charge is 2.19. The second-order valence-electron chi connectivity index (χ2n) is 22.0. The van der Waals surface area contributed by atoms with Crippen LogP contribution in [-0.4, -0.2) is 37.2 Å². The van der Waals surface area contributed by atoms with Crippen molar-refractivity contribution in [1.82, 2.24) is 0 Å². The summed E-state index contributed by atoms with van der Waals surface area (Å²) in [5, 5.41) is 0. The summed E-state index contributed by atoms with van der Waals surface area (Å²) in [5.41, 5.74) is 0. The maximum absolute atomic E-state index is 12.9. The van der Waals surface area contributed by atoms with Gasteiger partial charge in [0.05, 0.1) is 0 Å². The Morgan fingerprint density at radius 2 is 0.482 bits per heavy atom. The molecule has 0 bridgehead atoms. The summed E-state index contributed by atoms with van der Waals surface area (Å²) < 4.78 is 16.9. The highest BCUT2D eigenvalue weighted by atomic mass is 16.6. The van der Waals surface area contributed by atoms with E-state index in [1.54, 1.807) is 0 Å². The van der Waals surface area contributed by atoms with Gasteiger partial charge in [0.15, 0.2) is 6.10 Å². The fraction of sp³-hybridized carbons (Fsp3) is 0.623. The van der Waals surface area contributed by atoms with Gasteiger partial charge in [-0.05, 0) is 122 Å². The van der Waals surface area contributed by atoms with E-state index >= 15 is 0 Å². The summed E-state index contributed by atoms with van der Waals surface area (Å²) in [5.74, 6) is -0.966. The van der Waals surface area contributed by atoms with Crippen molar-refractivity contribution >= 4 is 17.9 Å². The molecule has 0 fully saturated rings. The van der Waals surface area contributed by atoms with Crippen LogP contribution in [0.4, 0.5) is 0 Å². The molecule has 0 heterocycles. The van der Waals surface area contributed by atoms with Crippen molar-refractivity contribution in [2.75, 3.05) is 13.2 Å². The van der Waals surface area contributed by atoms with Gasteiger partial charge in [0.1, 0.15) is 13.2 Å². The van der Waals surface area contributed by atoms with Gasteiger partial charge in [-0.2, -0.15) is 0 Å². The molecule has 0 aromatic heterocycles. The SMILES string of the molecule is CC/C=C\C/C=C\C/C=C\C/C=C\C/C=C\C/C=C\C/C=C\C/C=C\CCCCCCCCCCCCC(=O)OCC(COC(=O)CCCCCCCCCCCCCCC)OC(=O)CCC/C=C\C/C=C\C/C=C\C/C=C\C/C=C\CC. The minimum Gasteiger partial charge on any atom is -0.462 e. The molecule has 0 radical (unpaired) electrons. The van der Waals surface area contributed by atoms with Crippen LogP contribution in [0.2, 0.25) is 0 Å². The number of rotatable bonds is 60. The number of carbonyl (C=O) groups excluding carboxylic acids is 3. The summed E-state index contributed by atoms with van der Waals surface area (Å²) in [6.45, 7) is 6.37. The van der Waals surface area contributed by atoms with E-state index in [4.69, 9.17) is 14.2 Å². The summed E-state index contributed by atoms with van der Waals surface area (Å²) in [6.07, 6.45) is 101. The maximum Gasteiger partial charge on any atom is 0.306 e.